The van der Waals surface area contributed by atoms with Gasteiger partial charge in [0, 0.05) is 6.20 Å². The number of nitrogens with zero attached hydrogens (tertiary/aromatic N) is 4. The van der Waals surface area contributed by atoms with Crippen molar-refractivity contribution >= 4 is 23.6 Å². The molecule has 4 rings (SSSR count). The minimum Gasteiger partial charge on any atom is -0.475 e. The third-order valence-electron chi connectivity index (χ3n) is 4.67. The fraction of sp³-hybridized carbons (Fsp3) is 0.412. The van der Waals surface area contributed by atoms with E-state index in [1.165, 1.54) is 6.20 Å². The number of imidazole rings is 1. The number of anilines is 2. The molecular weight excluding hydrogens is 390 g/mol. The topological polar surface area (TPSA) is 125 Å². The quantitative estimate of drug-likeness (QED) is 0.762. The van der Waals surface area contributed by atoms with Gasteiger partial charge < -0.3 is 25.1 Å². The van der Waals surface area contributed by atoms with Crippen molar-refractivity contribution in [1.29, 1.82) is 0 Å². The first kappa shape index (κ1) is 18.9. The number of aromatic nitrogens is 3. The van der Waals surface area contributed by atoms with E-state index in [9.17, 15) is 18.4 Å². The number of halogens is 2. The van der Waals surface area contributed by atoms with Crippen molar-refractivity contribution in [1.82, 2.24) is 14.5 Å². The van der Waals surface area contributed by atoms with E-state index in [0.717, 1.165) is 4.90 Å². The molecule has 2 aromatic rings. The second-order valence-electron chi connectivity index (χ2n) is 6.63. The molecule has 3 N–H and O–H groups in total. The SMILES string of the molecule is C[C@H](Nc1ccc2c(n1)OCCn1cc(N3C(=O)OCC3C(F)F)nc1-2)C(N)=O. The summed E-state index contributed by atoms with van der Waals surface area (Å²) in [6.07, 6.45) is -2.11. The maximum Gasteiger partial charge on any atom is 0.416 e. The summed E-state index contributed by atoms with van der Waals surface area (Å²) in [6, 6.07) is 1.28. The molecule has 2 aliphatic rings. The molecule has 12 heteroatoms. The van der Waals surface area contributed by atoms with Gasteiger partial charge in [-0.05, 0) is 19.1 Å². The van der Waals surface area contributed by atoms with Crippen molar-refractivity contribution in [3.63, 3.8) is 0 Å². The highest BCUT2D eigenvalue weighted by Crippen LogP contribution is 2.35. The summed E-state index contributed by atoms with van der Waals surface area (Å²) in [5, 5.41) is 2.86. The number of rotatable bonds is 5. The highest BCUT2D eigenvalue weighted by molar-refractivity contribution is 5.89. The average molecular weight is 408 g/mol. The lowest BCUT2D eigenvalue weighted by Crippen LogP contribution is -2.38. The highest BCUT2D eigenvalue weighted by Gasteiger charge is 2.42. The molecule has 2 aliphatic heterocycles. The Balaban J connectivity index is 1.68. The number of ether oxygens (including phenoxy) is 2. The number of cyclic esters (lactones) is 1. The summed E-state index contributed by atoms with van der Waals surface area (Å²) in [7, 11) is 0. The van der Waals surface area contributed by atoms with Crippen molar-refractivity contribution in [2.24, 2.45) is 5.73 Å². The minimum absolute atomic E-state index is 0.0743. The molecule has 10 nitrogen and oxygen atoms in total. The molecule has 4 heterocycles. The Labute approximate surface area is 163 Å². The van der Waals surface area contributed by atoms with Crippen LogP contribution in [0.25, 0.3) is 11.4 Å². The normalized spacial score (nSPS) is 19.1. The van der Waals surface area contributed by atoms with Gasteiger partial charge in [-0.3, -0.25) is 4.79 Å². The smallest absolute Gasteiger partial charge is 0.416 e. The van der Waals surface area contributed by atoms with Gasteiger partial charge >= 0.3 is 6.09 Å². The van der Waals surface area contributed by atoms with Crippen molar-refractivity contribution in [3.8, 4) is 17.3 Å². The Morgan fingerprint density at radius 2 is 2.14 bits per heavy atom. The van der Waals surface area contributed by atoms with Gasteiger partial charge in [-0.15, -0.1) is 0 Å². The molecular formula is C17H18F2N6O4. The lowest BCUT2D eigenvalue weighted by Gasteiger charge is -2.17. The Morgan fingerprint density at radius 3 is 2.86 bits per heavy atom. The molecule has 29 heavy (non-hydrogen) atoms. The first-order valence-electron chi connectivity index (χ1n) is 8.86. The van der Waals surface area contributed by atoms with Gasteiger partial charge in [-0.2, -0.15) is 4.98 Å². The van der Waals surface area contributed by atoms with Crippen molar-refractivity contribution in [2.75, 3.05) is 23.4 Å². The van der Waals surface area contributed by atoms with Gasteiger partial charge in [0.15, 0.2) is 5.82 Å². The highest BCUT2D eigenvalue weighted by atomic mass is 19.3. The number of nitrogens with two attached hydrogens (primary N) is 1. The standard InChI is InChI=1S/C17H18F2N6O4/c1-8(14(20)26)21-11-3-2-9-15-23-12(6-24(15)4-5-28-16(9)22-11)25-10(13(18)19)7-29-17(25)27/h2-3,6,8,10,13H,4-5,7H2,1H3,(H2,20,26)(H,21,22)/t8-,10?/m0/s1. The zero-order valence-corrected chi connectivity index (χ0v) is 15.3. The van der Waals surface area contributed by atoms with E-state index in [2.05, 4.69) is 15.3 Å². The zero-order valence-electron chi connectivity index (χ0n) is 15.3. The van der Waals surface area contributed by atoms with E-state index in [1.807, 2.05) is 0 Å². The van der Waals surface area contributed by atoms with Crippen LogP contribution >= 0.6 is 0 Å². The second kappa shape index (κ2) is 7.18. The van der Waals surface area contributed by atoms with Crippen LogP contribution < -0.4 is 20.7 Å². The number of hydrogen-bond donors (Lipinski definition) is 2. The van der Waals surface area contributed by atoms with E-state index < -0.39 is 37.1 Å². The van der Waals surface area contributed by atoms with Crippen molar-refractivity contribution in [2.45, 2.75) is 32.0 Å². The third-order valence-corrected chi connectivity index (χ3v) is 4.67. The number of alkyl halides is 2. The minimum atomic E-state index is -2.76. The number of carbonyl (C=O) groups excluding carboxylic acids is 2. The molecule has 0 saturated carbocycles. The summed E-state index contributed by atoms with van der Waals surface area (Å²) in [5.74, 6) is 0.606. The van der Waals surface area contributed by atoms with Gasteiger partial charge in [-0.1, -0.05) is 0 Å². The molecule has 2 amide bonds. The van der Waals surface area contributed by atoms with Crippen LogP contribution in [-0.2, 0) is 16.1 Å². The first-order valence-corrected chi connectivity index (χ1v) is 8.86. The number of fused-ring (bicyclic) bond motifs is 3. The summed E-state index contributed by atoms with van der Waals surface area (Å²) < 4.78 is 38.7. The maximum atomic E-state index is 13.3. The molecule has 2 aromatic heterocycles. The second-order valence-corrected chi connectivity index (χ2v) is 6.63. The summed E-state index contributed by atoms with van der Waals surface area (Å²) in [6.45, 7) is 1.83. The van der Waals surface area contributed by atoms with Crippen LogP contribution in [0.15, 0.2) is 18.3 Å². The van der Waals surface area contributed by atoms with Crippen LogP contribution in [0.4, 0.5) is 25.2 Å². The van der Waals surface area contributed by atoms with Gasteiger partial charge in [0.2, 0.25) is 11.8 Å². The fourth-order valence-corrected chi connectivity index (χ4v) is 3.12. The zero-order chi connectivity index (χ0) is 20.7. The average Bonchev–Trinajstić information content (AvgIpc) is 3.21. The summed E-state index contributed by atoms with van der Waals surface area (Å²) in [4.78, 5) is 32.8. The lowest BCUT2D eigenvalue weighted by molar-refractivity contribution is -0.118. The number of nitrogens with one attached hydrogen (secondary N) is 1. The number of carbonyl (C=O) groups is 2. The number of primary amides is 1. The Hall–Kier alpha value is -3.44. The van der Waals surface area contributed by atoms with Gasteiger partial charge in [-0.25, -0.2) is 23.5 Å². The summed E-state index contributed by atoms with van der Waals surface area (Å²) in [5.41, 5.74) is 5.77. The molecule has 1 unspecified atom stereocenters. The van der Waals surface area contributed by atoms with Crippen LogP contribution in [0, 0.1) is 0 Å². The van der Waals surface area contributed by atoms with Gasteiger partial charge in [0.05, 0.1) is 12.1 Å². The molecule has 0 radical (unpaired) electrons. The number of hydrogen-bond acceptors (Lipinski definition) is 7. The van der Waals surface area contributed by atoms with Crippen LogP contribution in [-0.4, -0.2) is 58.3 Å². The van der Waals surface area contributed by atoms with Crippen LogP contribution in [0.3, 0.4) is 0 Å². The number of pyridine rings is 1. The number of amides is 2. The molecule has 0 aromatic carbocycles. The van der Waals surface area contributed by atoms with Crippen LogP contribution in [0.1, 0.15) is 6.92 Å². The molecule has 0 aliphatic carbocycles. The molecule has 1 saturated heterocycles. The Morgan fingerprint density at radius 1 is 1.34 bits per heavy atom. The fourth-order valence-electron chi connectivity index (χ4n) is 3.12. The largest absolute Gasteiger partial charge is 0.475 e. The van der Waals surface area contributed by atoms with Crippen molar-refractivity contribution < 1.29 is 27.8 Å². The van der Waals surface area contributed by atoms with Gasteiger partial charge in [0.1, 0.15) is 36.9 Å². The van der Waals surface area contributed by atoms with E-state index in [4.69, 9.17) is 15.2 Å². The van der Waals surface area contributed by atoms with Gasteiger partial charge in [0.25, 0.3) is 6.43 Å². The summed E-state index contributed by atoms with van der Waals surface area (Å²) >= 11 is 0. The molecule has 154 valence electrons. The maximum absolute atomic E-state index is 13.3. The molecule has 0 spiro atoms. The molecule has 0 bridgehead atoms. The van der Waals surface area contributed by atoms with E-state index >= 15 is 0 Å². The first-order chi connectivity index (χ1) is 13.8. The van der Waals surface area contributed by atoms with E-state index in [-0.39, 0.29) is 18.3 Å². The van der Waals surface area contributed by atoms with Crippen LogP contribution in [0.5, 0.6) is 5.88 Å². The monoisotopic (exact) mass is 408 g/mol. The Kier molecular flexibility index (Phi) is 4.68. The predicted molar refractivity (Wildman–Crippen MR) is 96.9 cm³/mol. The molecule has 1 fully saturated rings. The third kappa shape index (κ3) is 3.41. The predicted octanol–water partition coefficient (Wildman–Crippen LogP) is 1.21. The molecule has 2 atom stereocenters. The van der Waals surface area contributed by atoms with Crippen LogP contribution in [0.2, 0.25) is 0 Å². The van der Waals surface area contributed by atoms with E-state index in [1.54, 1.807) is 23.6 Å². The lowest BCUT2D eigenvalue weighted by atomic mass is 10.2. The Bertz CT molecular complexity index is 965. The van der Waals surface area contributed by atoms with Crippen molar-refractivity contribution in [3.05, 3.63) is 18.3 Å². The van der Waals surface area contributed by atoms with E-state index in [0.29, 0.717) is 23.8 Å².